The van der Waals surface area contributed by atoms with Crippen LogP contribution in [0.3, 0.4) is 0 Å². The summed E-state index contributed by atoms with van der Waals surface area (Å²) < 4.78 is 48.7. The first-order valence-corrected chi connectivity index (χ1v) is 12.3. The summed E-state index contributed by atoms with van der Waals surface area (Å²) >= 11 is 5.22. The Morgan fingerprint density at radius 3 is 2.26 bits per heavy atom. The van der Waals surface area contributed by atoms with Gasteiger partial charge in [0, 0.05) is 24.4 Å². The van der Waals surface area contributed by atoms with E-state index in [-0.39, 0.29) is 28.2 Å². The Kier molecular flexibility index (Phi) is 8.67. The summed E-state index contributed by atoms with van der Waals surface area (Å²) in [7, 11) is 0.710. The second-order valence-corrected chi connectivity index (χ2v) is 9.51. The summed E-state index contributed by atoms with van der Waals surface area (Å²) in [6, 6.07) is 9.01. The van der Waals surface area contributed by atoms with Crippen LogP contribution in [0.2, 0.25) is 0 Å². The first-order chi connectivity index (χ1) is 16.3. The van der Waals surface area contributed by atoms with Gasteiger partial charge in [0.2, 0.25) is 15.8 Å². The average Bonchev–Trinajstić information content (AvgIpc) is 3.36. The zero-order valence-corrected chi connectivity index (χ0v) is 20.7. The fourth-order valence-corrected chi connectivity index (χ4v) is 4.64. The Labute approximate surface area is 204 Å². The monoisotopic (exact) mass is 509 g/mol. The Hall–Kier alpha value is -2.93. The molecule has 1 atom stereocenters. The Morgan fingerprint density at radius 2 is 1.74 bits per heavy atom. The molecular formula is C22H27N3O7S2. The van der Waals surface area contributed by atoms with Crippen LogP contribution in [0.4, 0.5) is 5.69 Å². The van der Waals surface area contributed by atoms with Crippen LogP contribution in [-0.4, -0.2) is 60.0 Å². The van der Waals surface area contributed by atoms with E-state index in [1.54, 1.807) is 12.1 Å². The van der Waals surface area contributed by atoms with Gasteiger partial charge in [-0.2, -0.15) is 0 Å². The number of amides is 1. The van der Waals surface area contributed by atoms with E-state index in [0.29, 0.717) is 29.5 Å². The average molecular weight is 510 g/mol. The molecule has 0 bridgehead atoms. The van der Waals surface area contributed by atoms with Gasteiger partial charge >= 0.3 is 0 Å². The van der Waals surface area contributed by atoms with Gasteiger partial charge in [-0.15, -0.1) is 0 Å². The molecule has 0 saturated carbocycles. The zero-order chi connectivity index (χ0) is 24.7. The Morgan fingerprint density at radius 1 is 1.09 bits per heavy atom. The van der Waals surface area contributed by atoms with Crippen LogP contribution >= 0.6 is 12.2 Å². The molecule has 1 aliphatic heterocycles. The molecule has 1 heterocycles. The maximum absolute atomic E-state index is 12.7. The molecule has 10 nitrogen and oxygen atoms in total. The summed E-state index contributed by atoms with van der Waals surface area (Å²) in [4.78, 5) is 12.8. The number of anilines is 1. The van der Waals surface area contributed by atoms with E-state index < -0.39 is 15.9 Å². The second kappa shape index (κ2) is 11.5. The quantitative estimate of drug-likeness (QED) is 0.437. The topological polar surface area (TPSA) is 124 Å². The molecule has 3 rings (SSSR count). The van der Waals surface area contributed by atoms with Crippen molar-refractivity contribution in [2.45, 2.75) is 23.8 Å². The van der Waals surface area contributed by atoms with Crippen molar-refractivity contribution in [3.05, 3.63) is 42.0 Å². The highest BCUT2D eigenvalue weighted by molar-refractivity contribution is 7.89. The van der Waals surface area contributed by atoms with Gasteiger partial charge in [-0.05, 0) is 61.5 Å². The van der Waals surface area contributed by atoms with E-state index in [2.05, 4.69) is 15.4 Å². The third-order valence-electron chi connectivity index (χ3n) is 5.10. The van der Waals surface area contributed by atoms with Crippen LogP contribution in [0.15, 0.2) is 41.3 Å². The maximum atomic E-state index is 12.7. The minimum Gasteiger partial charge on any atom is -0.493 e. The third kappa shape index (κ3) is 6.35. The molecule has 184 valence electrons. The molecule has 0 aromatic heterocycles. The molecule has 1 amide bonds. The summed E-state index contributed by atoms with van der Waals surface area (Å²) in [5, 5.41) is 5.45. The van der Waals surface area contributed by atoms with Gasteiger partial charge in [-0.25, -0.2) is 13.1 Å². The van der Waals surface area contributed by atoms with Crippen LogP contribution in [0.1, 0.15) is 23.2 Å². The number of hydrogen-bond donors (Lipinski definition) is 3. The van der Waals surface area contributed by atoms with Gasteiger partial charge in [0.1, 0.15) is 0 Å². The van der Waals surface area contributed by atoms with Crippen LogP contribution in [0, 0.1) is 0 Å². The lowest BCUT2D eigenvalue weighted by Gasteiger charge is -2.15. The number of carbonyl (C=O) groups excluding carboxylic acids is 1. The van der Waals surface area contributed by atoms with Crippen molar-refractivity contribution in [1.29, 1.82) is 0 Å². The highest BCUT2D eigenvalue weighted by Gasteiger charge is 2.21. The molecule has 1 aliphatic rings. The van der Waals surface area contributed by atoms with Gasteiger partial charge in [-0.1, -0.05) is 0 Å². The Balaban J connectivity index is 1.61. The van der Waals surface area contributed by atoms with Crippen LogP contribution < -0.4 is 29.6 Å². The van der Waals surface area contributed by atoms with Crippen molar-refractivity contribution in [2.24, 2.45) is 0 Å². The van der Waals surface area contributed by atoms with E-state index in [9.17, 15) is 13.2 Å². The van der Waals surface area contributed by atoms with Gasteiger partial charge in [-0.3, -0.25) is 10.1 Å². The maximum Gasteiger partial charge on any atom is 0.257 e. The summed E-state index contributed by atoms with van der Waals surface area (Å²) in [5.41, 5.74) is 0.755. The zero-order valence-electron chi connectivity index (χ0n) is 19.0. The normalized spacial score (nSPS) is 15.4. The summed E-state index contributed by atoms with van der Waals surface area (Å²) in [6.45, 7) is 0.891. The predicted octanol–water partition coefficient (Wildman–Crippen LogP) is 2.30. The molecule has 2 aromatic carbocycles. The van der Waals surface area contributed by atoms with E-state index >= 15 is 0 Å². The van der Waals surface area contributed by atoms with Gasteiger partial charge in [0.25, 0.3) is 5.91 Å². The standard InChI is InChI=1S/C22H27N3O7S2/c1-29-18-11-14(12-19(30-2)20(18)31-3)21(26)25-22(33)24-15-6-8-17(9-7-15)34(27,28)23-13-16-5-4-10-32-16/h6-9,11-12,16,23H,4-5,10,13H2,1-3H3,(H2,24,25,26,33). The van der Waals surface area contributed by atoms with E-state index in [1.807, 2.05) is 0 Å². The lowest BCUT2D eigenvalue weighted by Crippen LogP contribution is -2.34. The highest BCUT2D eigenvalue weighted by Crippen LogP contribution is 2.38. The van der Waals surface area contributed by atoms with Crippen molar-refractivity contribution in [2.75, 3.05) is 39.8 Å². The number of sulfonamides is 1. The van der Waals surface area contributed by atoms with Crippen LogP contribution in [0.5, 0.6) is 17.2 Å². The minimum atomic E-state index is -3.66. The predicted molar refractivity (Wildman–Crippen MR) is 130 cm³/mol. The van der Waals surface area contributed by atoms with Gasteiger partial charge in [0.05, 0.1) is 32.3 Å². The van der Waals surface area contributed by atoms with E-state index in [0.717, 1.165) is 12.8 Å². The first kappa shape index (κ1) is 25.7. The van der Waals surface area contributed by atoms with Crippen molar-refractivity contribution in [3.63, 3.8) is 0 Å². The lowest BCUT2D eigenvalue weighted by atomic mass is 10.1. The molecule has 3 N–H and O–H groups in total. The number of carbonyl (C=O) groups is 1. The molecule has 34 heavy (non-hydrogen) atoms. The number of rotatable bonds is 9. The van der Waals surface area contributed by atoms with Crippen molar-refractivity contribution in [1.82, 2.24) is 10.0 Å². The van der Waals surface area contributed by atoms with Crippen molar-refractivity contribution < 1.29 is 32.2 Å². The highest BCUT2D eigenvalue weighted by atomic mass is 32.2. The van der Waals surface area contributed by atoms with Crippen molar-refractivity contribution >= 4 is 38.9 Å². The van der Waals surface area contributed by atoms with Gasteiger partial charge < -0.3 is 24.3 Å². The van der Waals surface area contributed by atoms with Gasteiger partial charge in [0.15, 0.2) is 16.6 Å². The lowest BCUT2D eigenvalue weighted by molar-refractivity contribution is 0.0977. The fourth-order valence-electron chi connectivity index (χ4n) is 3.36. The SMILES string of the molecule is COc1cc(C(=O)NC(=S)Nc2ccc(S(=O)(=O)NCC3CCCO3)cc2)cc(OC)c1OC. The smallest absolute Gasteiger partial charge is 0.257 e. The molecule has 0 aliphatic carbocycles. The number of methoxy groups -OCH3 is 3. The van der Waals surface area contributed by atoms with Crippen LogP contribution in [0.25, 0.3) is 0 Å². The number of benzene rings is 2. The summed E-state index contributed by atoms with van der Waals surface area (Å²) in [5.74, 6) is 0.531. The Bertz CT molecular complexity index is 1110. The number of ether oxygens (including phenoxy) is 4. The number of nitrogens with one attached hydrogen (secondary N) is 3. The molecule has 1 unspecified atom stereocenters. The van der Waals surface area contributed by atoms with Crippen molar-refractivity contribution in [3.8, 4) is 17.2 Å². The fraction of sp³-hybridized carbons (Fsp3) is 0.364. The largest absolute Gasteiger partial charge is 0.493 e. The molecular weight excluding hydrogens is 482 g/mol. The molecule has 0 radical (unpaired) electrons. The van der Waals surface area contributed by atoms with E-state index in [1.165, 1.54) is 45.6 Å². The second-order valence-electron chi connectivity index (χ2n) is 7.33. The first-order valence-electron chi connectivity index (χ1n) is 10.4. The molecule has 1 fully saturated rings. The molecule has 12 heteroatoms. The third-order valence-corrected chi connectivity index (χ3v) is 6.75. The van der Waals surface area contributed by atoms with E-state index in [4.69, 9.17) is 31.2 Å². The molecule has 1 saturated heterocycles. The molecule has 0 spiro atoms. The molecule has 2 aromatic rings. The number of hydrogen-bond acceptors (Lipinski definition) is 8. The summed E-state index contributed by atoms with van der Waals surface area (Å²) in [6.07, 6.45) is 1.68. The number of thiocarbonyl (C=S) groups is 1. The van der Waals surface area contributed by atoms with Crippen LogP contribution in [-0.2, 0) is 14.8 Å². The minimum absolute atomic E-state index is 0.0332.